The van der Waals surface area contributed by atoms with Gasteiger partial charge in [0, 0.05) is 37.9 Å². The number of nitrogens with zero attached hydrogens (tertiary/aromatic N) is 2. The van der Waals surface area contributed by atoms with E-state index in [2.05, 4.69) is 28.2 Å². The molecule has 4 nitrogen and oxygen atoms in total. The average molecular weight is 221 g/mol. The second-order valence-corrected chi connectivity index (χ2v) is 4.08. The predicted octanol–water partition coefficient (Wildman–Crippen LogP) is 0.884. The molecule has 0 atom stereocenters. The van der Waals surface area contributed by atoms with E-state index < -0.39 is 0 Å². The van der Waals surface area contributed by atoms with Crippen molar-refractivity contribution >= 4 is 0 Å². The Kier molecular flexibility index (Phi) is 3.74. The maximum absolute atomic E-state index is 5.05. The van der Waals surface area contributed by atoms with Crippen LogP contribution in [0.15, 0.2) is 18.3 Å². The first-order valence-corrected chi connectivity index (χ1v) is 5.77. The van der Waals surface area contributed by atoms with Crippen molar-refractivity contribution in [3.63, 3.8) is 0 Å². The van der Waals surface area contributed by atoms with Gasteiger partial charge in [-0.3, -0.25) is 4.90 Å². The lowest BCUT2D eigenvalue weighted by atomic mass is 10.1. The van der Waals surface area contributed by atoms with Gasteiger partial charge in [-0.2, -0.15) is 0 Å². The highest BCUT2D eigenvalue weighted by Crippen LogP contribution is 2.12. The van der Waals surface area contributed by atoms with E-state index in [0.717, 1.165) is 26.2 Å². The molecule has 0 aromatic carbocycles. The molecule has 1 N–H and O–H groups in total. The summed E-state index contributed by atoms with van der Waals surface area (Å²) in [5, 5.41) is 3.30. The molecule has 2 rings (SSSR count). The van der Waals surface area contributed by atoms with Crippen LogP contribution in [-0.4, -0.2) is 42.7 Å². The van der Waals surface area contributed by atoms with Gasteiger partial charge in [-0.25, -0.2) is 4.98 Å². The molecule has 4 heteroatoms. The second-order valence-electron chi connectivity index (χ2n) is 4.08. The van der Waals surface area contributed by atoms with Gasteiger partial charge in [-0.15, -0.1) is 0 Å². The number of hydrogen-bond donors (Lipinski definition) is 1. The molecule has 0 unspecified atom stereocenters. The van der Waals surface area contributed by atoms with Gasteiger partial charge in [0.15, 0.2) is 0 Å². The van der Waals surface area contributed by atoms with Crippen molar-refractivity contribution in [1.82, 2.24) is 15.2 Å². The molecular formula is C12H19N3O. The number of methoxy groups -OCH3 is 1. The van der Waals surface area contributed by atoms with Crippen molar-refractivity contribution in [2.24, 2.45) is 0 Å². The molecule has 1 saturated heterocycles. The first-order valence-electron chi connectivity index (χ1n) is 5.77. The van der Waals surface area contributed by atoms with Gasteiger partial charge in [0.2, 0.25) is 5.88 Å². The fourth-order valence-electron chi connectivity index (χ4n) is 1.89. The molecule has 1 aromatic heterocycles. The summed E-state index contributed by atoms with van der Waals surface area (Å²) in [4.78, 5) is 6.70. The minimum absolute atomic E-state index is 0.678. The van der Waals surface area contributed by atoms with E-state index in [1.807, 2.05) is 12.3 Å². The lowest BCUT2D eigenvalue weighted by Crippen LogP contribution is -2.56. The summed E-state index contributed by atoms with van der Waals surface area (Å²) in [6, 6.07) is 4.69. The van der Waals surface area contributed by atoms with E-state index >= 15 is 0 Å². The number of ether oxygens (including phenoxy) is 1. The standard InChI is InChI=1S/C12H19N3O/c1-3-15(11-7-13-8-11)9-10-4-5-12(16-2)14-6-10/h4-6,11,13H,3,7-9H2,1-2H3. The van der Waals surface area contributed by atoms with Crippen LogP contribution in [0.3, 0.4) is 0 Å². The number of likely N-dealkylation sites (N-methyl/N-ethyl adjacent to an activating group) is 1. The predicted molar refractivity (Wildman–Crippen MR) is 63.5 cm³/mol. The molecule has 0 amide bonds. The molecule has 2 heterocycles. The van der Waals surface area contributed by atoms with Crippen molar-refractivity contribution in [3.05, 3.63) is 23.9 Å². The minimum atomic E-state index is 0.678. The Morgan fingerprint density at radius 3 is 2.75 bits per heavy atom. The molecule has 0 radical (unpaired) electrons. The van der Waals surface area contributed by atoms with Crippen LogP contribution < -0.4 is 10.1 Å². The summed E-state index contributed by atoms with van der Waals surface area (Å²) >= 11 is 0. The van der Waals surface area contributed by atoms with Gasteiger partial charge in [0.25, 0.3) is 0 Å². The van der Waals surface area contributed by atoms with E-state index in [4.69, 9.17) is 4.74 Å². The summed E-state index contributed by atoms with van der Waals surface area (Å²) in [7, 11) is 1.64. The van der Waals surface area contributed by atoms with E-state index in [1.165, 1.54) is 5.56 Å². The first kappa shape index (κ1) is 11.4. The van der Waals surface area contributed by atoms with E-state index in [9.17, 15) is 0 Å². The van der Waals surface area contributed by atoms with Crippen molar-refractivity contribution < 1.29 is 4.74 Å². The summed E-state index contributed by atoms with van der Waals surface area (Å²) < 4.78 is 5.05. The zero-order valence-electron chi connectivity index (χ0n) is 9.94. The third-order valence-electron chi connectivity index (χ3n) is 3.07. The zero-order chi connectivity index (χ0) is 11.4. The van der Waals surface area contributed by atoms with Crippen LogP contribution in [0.2, 0.25) is 0 Å². The number of nitrogens with one attached hydrogen (secondary N) is 1. The number of hydrogen-bond acceptors (Lipinski definition) is 4. The molecule has 1 aromatic rings. The molecule has 1 aliphatic heterocycles. The highest BCUT2D eigenvalue weighted by molar-refractivity contribution is 5.17. The number of pyridine rings is 1. The second kappa shape index (κ2) is 5.27. The van der Waals surface area contributed by atoms with Crippen LogP contribution in [0.25, 0.3) is 0 Å². The summed E-state index contributed by atoms with van der Waals surface area (Å²) in [5.74, 6) is 0.678. The van der Waals surface area contributed by atoms with E-state index in [0.29, 0.717) is 11.9 Å². The third-order valence-corrected chi connectivity index (χ3v) is 3.07. The summed E-state index contributed by atoms with van der Waals surface area (Å²) in [6.45, 7) is 6.47. The molecule has 0 spiro atoms. The van der Waals surface area contributed by atoms with Crippen LogP contribution >= 0.6 is 0 Å². The topological polar surface area (TPSA) is 37.4 Å². The van der Waals surface area contributed by atoms with Crippen molar-refractivity contribution in [1.29, 1.82) is 0 Å². The van der Waals surface area contributed by atoms with Gasteiger partial charge in [0.1, 0.15) is 0 Å². The van der Waals surface area contributed by atoms with Crippen LogP contribution in [0, 0.1) is 0 Å². The van der Waals surface area contributed by atoms with Crippen LogP contribution in [0.1, 0.15) is 12.5 Å². The van der Waals surface area contributed by atoms with Gasteiger partial charge in [-0.05, 0) is 12.1 Å². The Bertz CT molecular complexity index is 322. The first-order chi connectivity index (χ1) is 7.83. The molecule has 0 aliphatic carbocycles. The Morgan fingerprint density at radius 1 is 1.50 bits per heavy atom. The van der Waals surface area contributed by atoms with Crippen molar-refractivity contribution in [2.45, 2.75) is 19.5 Å². The molecule has 0 saturated carbocycles. The zero-order valence-corrected chi connectivity index (χ0v) is 9.94. The monoisotopic (exact) mass is 221 g/mol. The van der Waals surface area contributed by atoms with Gasteiger partial charge in [0.05, 0.1) is 7.11 Å². The molecule has 16 heavy (non-hydrogen) atoms. The van der Waals surface area contributed by atoms with Crippen LogP contribution in [-0.2, 0) is 6.54 Å². The van der Waals surface area contributed by atoms with E-state index in [1.54, 1.807) is 7.11 Å². The Morgan fingerprint density at radius 2 is 2.31 bits per heavy atom. The minimum Gasteiger partial charge on any atom is -0.481 e. The average Bonchev–Trinajstić information content (AvgIpc) is 2.26. The lowest BCUT2D eigenvalue weighted by Gasteiger charge is -2.37. The largest absolute Gasteiger partial charge is 0.481 e. The Balaban J connectivity index is 1.95. The summed E-state index contributed by atoms with van der Waals surface area (Å²) in [5.41, 5.74) is 1.24. The normalized spacial score (nSPS) is 16.2. The van der Waals surface area contributed by atoms with Crippen LogP contribution in [0.4, 0.5) is 0 Å². The quantitative estimate of drug-likeness (QED) is 0.801. The lowest BCUT2D eigenvalue weighted by molar-refractivity contribution is 0.145. The fraction of sp³-hybridized carbons (Fsp3) is 0.583. The Hall–Kier alpha value is -1.13. The summed E-state index contributed by atoms with van der Waals surface area (Å²) in [6.07, 6.45) is 1.90. The number of rotatable bonds is 5. The number of aromatic nitrogens is 1. The van der Waals surface area contributed by atoms with Gasteiger partial charge >= 0.3 is 0 Å². The van der Waals surface area contributed by atoms with E-state index in [-0.39, 0.29) is 0 Å². The fourth-order valence-corrected chi connectivity index (χ4v) is 1.89. The highest BCUT2D eigenvalue weighted by Gasteiger charge is 2.23. The molecule has 1 fully saturated rings. The Labute approximate surface area is 96.6 Å². The highest BCUT2D eigenvalue weighted by atomic mass is 16.5. The third kappa shape index (κ3) is 2.51. The molecule has 1 aliphatic rings. The van der Waals surface area contributed by atoms with Crippen molar-refractivity contribution in [3.8, 4) is 5.88 Å². The smallest absolute Gasteiger partial charge is 0.212 e. The van der Waals surface area contributed by atoms with Crippen molar-refractivity contribution in [2.75, 3.05) is 26.7 Å². The maximum Gasteiger partial charge on any atom is 0.212 e. The molecule has 0 bridgehead atoms. The maximum atomic E-state index is 5.05. The van der Waals surface area contributed by atoms with Gasteiger partial charge < -0.3 is 10.1 Å². The van der Waals surface area contributed by atoms with Crippen LogP contribution in [0.5, 0.6) is 5.88 Å². The molecular weight excluding hydrogens is 202 g/mol. The molecule has 88 valence electrons. The van der Waals surface area contributed by atoms with Gasteiger partial charge in [-0.1, -0.05) is 13.0 Å². The SMILES string of the molecule is CCN(Cc1ccc(OC)nc1)C1CNC1.